The van der Waals surface area contributed by atoms with Crippen molar-refractivity contribution in [3.8, 4) is 0 Å². The lowest BCUT2D eigenvalue weighted by Gasteiger charge is -2.34. The number of benzene rings is 1. The van der Waals surface area contributed by atoms with Gasteiger partial charge in [0.05, 0.1) is 10.5 Å². The van der Waals surface area contributed by atoms with Crippen LogP contribution in [0.3, 0.4) is 0 Å². The summed E-state index contributed by atoms with van der Waals surface area (Å²) >= 11 is 5.96. The zero-order chi connectivity index (χ0) is 18.2. The third-order valence-corrected chi connectivity index (χ3v) is 3.80. The maximum atomic E-state index is 12.0. The summed E-state index contributed by atoms with van der Waals surface area (Å²) in [6, 6.07) is 0.821. The second kappa shape index (κ2) is 6.16. The second-order valence-electron chi connectivity index (χ2n) is 4.77. The number of rotatable bonds is 3. The highest BCUT2D eigenvalue weighted by Gasteiger charge is 2.43. The molecular weight excluding hydrogens is 346 g/mol. The first-order valence-corrected chi connectivity index (χ1v) is 6.74. The Morgan fingerprint density at radius 1 is 1.38 bits per heavy atom. The van der Waals surface area contributed by atoms with Gasteiger partial charge in [0.1, 0.15) is 11.1 Å². The van der Waals surface area contributed by atoms with E-state index in [2.05, 4.69) is 5.32 Å². The lowest BCUT2D eigenvalue weighted by atomic mass is 9.93. The molecule has 11 heteroatoms. The Morgan fingerprint density at radius 2 is 2.00 bits per heavy atom. The van der Waals surface area contributed by atoms with Gasteiger partial charge in [-0.3, -0.25) is 10.1 Å². The summed E-state index contributed by atoms with van der Waals surface area (Å²) in [5.41, 5.74) is -1.26. The van der Waals surface area contributed by atoms with Crippen LogP contribution in [-0.2, 0) is 4.79 Å². The first-order chi connectivity index (χ1) is 11.2. The predicted molar refractivity (Wildman–Crippen MR) is 79.6 cm³/mol. The molecule has 1 aromatic carbocycles. The number of carbonyl (C=O) groups excluding carboxylic acids is 1. The van der Waals surface area contributed by atoms with Crippen LogP contribution in [0.25, 0.3) is 0 Å². The van der Waals surface area contributed by atoms with E-state index in [1.54, 1.807) is 0 Å². The molecule has 3 amide bonds. The third kappa shape index (κ3) is 2.74. The summed E-state index contributed by atoms with van der Waals surface area (Å²) in [5, 5.41) is 31.3. The number of allylic oxidation sites excluding steroid dienone is 1. The fourth-order valence-corrected chi connectivity index (χ4v) is 2.70. The number of hydrogen-bond donors (Lipinski definition) is 3. The Balaban J connectivity index is 2.79. The van der Waals surface area contributed by atoms with Gasteiger partial charge in [0.25, 0.3) is 5.69 Å². The fraction of sp³-hybridized carbons (Fsp3) is 0.154. The molecule has 0 radical (unpaired) electrons. The van der Waals surface area contributed by atoms with Crippen molar-refractivity contribution >= 4 is 35.4 Å². The van der Waals surface area contributed by atoms with E-state index in [1.165, 1.54) is 19.1 Å². The number of halogens is 1. The second-order valence-corrected chi connectivity index (χ2v) is 5.14. The zero-order valence-electron chi connectivity index (χ0n) is 12.0. The molecule has 0 bridgehead atoms. The van der Waals surface area contributed by atoms with Gasteiger partial charge in [-0.1, -0.05) is 23.7 Å². The summed E-state index contributed by atoms with van der Waals surface area (Å²) in [5.74, 6) is -1.49. The molecule has 1 aliphatic rings. The van der Waals surface area contributed by atoms with Crippen molar-refractivity contribution in [3.05, 3.63) is 50.2 Å². The van der Waals surface area contributed by atoms with Gasteiger partial charge in [-0.15, -0.1) is 0 Å². The molecule has 2 rings (SSSR count). The number of urea groups is 1. The summed E-state index contributed by atoms with van der Waals surface area (Å²) in [6.07, 6.45) is -1.73. The SMILES string of the molecule is CC1=C(C(=O)O)C(c2cccc([N+](=O)[O-])c2Cl)N(C(=O)O)C(=O)N1. The van der Waals surface area contributed by atoms with E-state index in [0.29, 0.717) is 0 Å². The fourth-order valence-electron chi connectivity index (χ4n) is 2.40. The van der Waals surface area contributed by atoms with Crippen LogP contribution in [0.4, 0.5) is 15.3 Å². The normalized spacial score (nSPS) is 17.5. The number of nitro benzene ring substituents is 1. The Hall–Kier alpha value is -3.14. The molecule has 1 atom stereocenters. The molecular formula is C13H10ClN3O7. The summed E-state index contributed by atoms with van der Waals surface area (Å²) in [7, 11) is 0. The summed E-state index contributed by atoms with van der Waals surface area (Å²) < 4.78 is 0. The molecule has 0 aliphatic carbocycles. The van der Waals surface area contributed by atoms with Crippen molar-refractivity contribution in [2.24, 2.45) is 0 Å². The van der Waals surface area contributed by atoms with Crippen LogP contribution in [0, 0.1) is 10.1 Å². The van der Waals surface area contributed by atoms with E-state index < -0.39 is 45.3 Å². The molecule has 3 N–H and O–H groups in total. The molecule has 0 saturated heterocycles. The average molecular weight is 356 g/mol. The van der Waals surface area contributed by atoms with Gasteiger partial charge < -0.3 is 15.5 Å². The largest absolute Gasteiger partial charge is 0.478 e. The van der Waals surface area contributed by atoms with Gasteiger partial charge in [0.15, 0.2) is 0 Å². The topological polar surface area (TPSA) is 150 Å². The molecule has 24 heavy (non-hydrogen) atoms. The van der Waals surface area contributed by atoms with Gasteiger partial charge in [-0.2, -0.15) is 0 Å². The highest BCUT2D eigenvalue weighted by atomic mass is 35.5. The maximum absolute atomic E-state index is 12.0. The Kier molecular flexibility index (Phi) is 4.42. The van der Waals surface area contributed by atoms with Crippen molar-refractivity contribution in [1.29, 1.82) is 0 Å². The third-order valence-electron chi connectivity index (χ3n) is 3.38. The molecule has 0 saturated carbocycles. The van der Waals surface area contributed by atoms with Gasteiger partial charge in [0, 0.05) is 17.3 Å². The monoisotopic (exact) mass is 355 g/mol. The first kappa shape index (κ1) is 17.2. The van der Waals surface area contributed by atoms with Crippen LogP contribution in [0.1, 0.15) is 18.5 Å². The van der Waals surface area contributed by atoms with Crippen LogP contribution in [0.5, 0.6) is 0 Å². The molecule has 10 nitrogen and oxygen atoms in total. The minimum atomic E-state index is -1.73. The van der Waals surface area contributed by atoms with Gasteiger partial charge in [-0.05, 0) is 6.92 Å². The number of carbonyl (C=O) groups is 3. The van der Waals surface area contributed by atoms with Crippen molar-refractivity contribution in [2.75, 3.05) is 0 Å². The van der Waals surface area contributed by atoms with Crippen LogP contribution in [-0.4, -0.2) is 38.1 Å². The number of hydrogen-bond acceptors (Lipinski definition) is 5. The number of carboxylic acids is 1. The smallest absolute Gasteiger partial charge is 0.416 e. The lowest BCUT2D eigenvalue weighted by Crippen LogP contribution is -2.50. The van der Waals surface area contributed by atoms with Crippen LogP contribution < -0.4 is 5.32 Å². The Bertz CT molecular complexity index is 805. The van der Waals surface area contributed by atoms with Gasteiger partial charge >= 0.3 is 18.1 Å². The minimum Gasteiger partial charge on any atom is -0.478 e. The standard InChI is InChI=1S/C13H10ClN3O7/c1-5-8(11(18)19)10(16(13(21)22)12(20)15-5)6-3-2-4-7(9(6)14)17(23)24/h2-4,10H,1H3,(H,15,20)(H,18,19)(H,21,22). The van der Waals surface area contributed by atoms with E-state index in [1.807, 2.05) is 0 Å². The number of imide groups is 1. The molecule has 126 valence electrons. The highest BCUT2D eigenvalue weighted by Crippen LogP contribution is 2.40. The zero-order valence-corrected chi connectivity index (χ0v) is 12.8. The maximum Gasteiger partial charge on any atom is 0.416 e. The predicted octanol–water partition coefficient (Wildman–Crippen LogP) is 2.35. The molecule has 1 heterocycles. The molecule has 1 aliphatic heterocycles. The highest BCUT2D eigenvalue weighted by molar-refractivity contribution is 6.33. The van der Waals surface area contributed by atoms with Crippen molar-refractivity contribution in [2.45, 2.75) is 13.0 Å². The van der Waals surface area contributed by atoms with E-state index in [-0.39, 0.29) is 16.2 Å². The van der Waals surface area contributed by atoms with Crippen molar-refractivity contribution in [1.82, 2.24) is 10.2 Å². The van der Waals surface area contributed by atoms with Crippen molar-refractivity contribution < 1.29 is 29.5 Å². The molecule has 0 spiro atoms. The average Bonchev–Trinajstić information content (AvgIpc) is 2.45. The number of nitrogens with one attached hydrogen (secondary N) is 1. The van der Waals surface area contributed by atoms with Crippen LogP contribution in [0.2, 0.25) is 5.02 Å². The number of aliphatic carboxylic acids is 1. The first-order valence-electron chi connectivity index (χ1n) is 6.36. The van der Waals surface area contributed by atoms with E-state index >= 15 is 0 Å². The van der Waals surface area contributed by atoms with Crippen LogP contribution in [0.15, 0.2) is 29.5 Å². The van der Waals surface area contributed by atoms with E-state index in [9.17, 15) is 34.7 Å². The summed E-state index contributed by atoms with van der Waals surface area (Å²) in [6.45, 7) is 1.28. The molecule has 0 aromatic heterocycles. The van der Waals surface area contributed by atoms with E-state index in [4.69, 9.17) is 11.6 Å². The van der Waals surface area contributed by atoms with Gasteiger partial charge in [-0.25, -0.2) is 19.3 Å². The summed E-state index contributed by atoms with van der Waals surface area (Å²) in [4.78, 5) is 45.4. The van der Waals surface area contributed by atoms with E-state index in [0.717, 1.165) is 6.07 Å². The Morgan fingerprint density at radius 3 is 2.50 bits per heavy atom. The number of nitro groups is 1. The number of nitrogens with zero attached hydrogens (tertiary/aromatic N) is 2. The molecule has 1 aromatic rings. The minimum absolute atomic E-state index is 0.0856. The quantitative estimate of drug-likeness (QED) is 0.556. The number of carboxylic acid groups (broad SMARTS) is 2. The lowest BCUT2D eigenvalue weighted by molar-refractivity contribution is -0.384. The van der Waals surface area contributed by atoms with Gasteiger partial charge in [0.2, 0.25) is 0 Å². The Labute approximate surface area is 139 Å². The molecule has 0 fully saturated rings. The van der Waals surface area contributed by atoms with Crippen LogP contribution >= 0.6 is 11.6 Å². The molecule has 1 unspecified atom stereocenters. The number of amides is 3. The van der Waals surface area contributed by atoms with Crippen molar-refractivity contribution in [3.63, 3.8) is 0 Å².